The number of aryl methyl sites for hydroxylation is 1. The van der Waals surface area contributed by atoms with Crippen molar-refractivity contribution in [1.82, 2.24) is 9.97 Å². The standard InChI is InChI=1S/C20H17N3/c1-2-14-8-9-16-18-13-21-11-10-17(18)20(23-19(16)12-14)22-15-6-4-3-5-7-15/h3-13H,2H2,1H3,(H,22,23). The van der Waals surface area contributed by atoms with Gasteiger partial charge in [-0.2, -0.15) is 0 Å². The molecule has 4 rings (SSSR count). The first kappa shape index (κ1) is 13.7. The average Bonchev–Trinajstić information content (AvgIpc) is 2.62. The van der Waals surface area contributed by atoms with Crippen LogP contribution in [0.3, 0.4) is 0 Å². The van der Waals surface area contributed by atoms with Crippen molar-refractivity contribution < 1.29 is 0 Å². The van der Waals surface area contributed by atoms with E-state index in [-0.39, 0.29) is 0 Å². The van der Waals surface area contributed by atoms with E-state index in [1.165, 1.54) is 5.56 Å². The number of hydrogen-bond donors (Lipinski definition) is 1. The fourth-order valence-corrected chi connectivity index (χ4v) is 2.87. The highest BCUT2D eigenvalue weighted by molar-refractivity contribution is 6.10. The van der Waals surface area contributed by atoms with Crippen molar-refractivity contribution in [3.8, 4) is 0 Å². The van der Waals surface area contributed by atoms with Crippen LogP contribution in [0.1, 0.15) is 12.5 Å². The van der Waals surface area contributed by atoms with Gasteiger partial charge in [0.05, 0.1) is 5.52 Å². The maximum Gasteiger partial charge on any atom is 0.139 e. The number of nitrogens with one attached hydrogen (secondary N) is 1. The summed E-state index contributed by atoms with van der Waals surface area (Å²) in [4.78, 5) is 9.17. The molecular formula is C20H17N3. The summed E-state index contributed by atoms with van der Waals surface area (Å²) in [6.07, 6.45) is 4.73. The van der Waals surface area contributed by atoms with Crippen molar-refractivity contribution in [3.05, 3.63) is 72.6 Å². The van der Waals surface area contributed by atoms with Crippen LogP contribution in [0, 0.1) is 0 Å². The molecule has 0 radical (unpaired) electrons. The maximum atomic E-state index is 4.87. The lowest BCUT2D eigenvalue weighted by Gasteiger charge is -2.12. The number of pyridine rings is 2. The van der Waals surface area contributed by atoms with E-state index in [2.05, 4.69) is 35.4 Å². The van der Waals surface area contributed by atoms with E-state index in [4.69, 9.17) is 4.98 Å². The van der Waals surface area contributed by atoms with E-state index in [1.54, 1.807) is 0 Å². The Bertz CT molecular complexity index is 978. The molecule has 0 bridgehead atoms. The summed E-state index contributed by atoms with van der Waals surface area (Å²) in [7, 11) is 0. The Balaban J connectivity index is 1.97. The molecule has 4 aromatic rings. The van der Waals surface area contributed by atoms with E-state index in [9.17, 15) is 0 Å². The van der Waals surface area contributed by atoms with Gasteiger partial charge in [0.2, 0.25) is 0 Å². The second kappa shape index (κ2) is 5.69. The Morgan fingerprint density at radius 3 is 2.61 bits per heavy atom. The van der Waals surface area contributed by atoms with Gasteiger partial charge in [-0.3, -0.25) is 4.98 Å². The highest BCUT2D eigenvalue weighted by Crippen LogP contribution is 2.30. The van der Waals surface area contributed by atoms with E-state index in [0.29, 0.717) is 0 Å². The number of nitrogens with zero attached hydrogens (tertiary/aromatic N) is 2. The quantitative estimate of drug-likeness (QED) is 0.535. The summed E-state index contributed by atoms with van der Waals surface area (Å²) in [5.74, 6) is 0.870. The molecule has 0 unspecified atom stereocenters. The van der Waals surface area contributed by atoms with Crippen molar-refractivity contribution in [1.29, 1.82) is 0 Å². The molecule has 3 heteroatoms. The number of benzene rings is 2. The van der Waals surface area contributed by atoms with Crippen LogP contribution in [0.4, 0.5) is 11.5 Å². The molecular weight excluding hydrogens is 282 g/mol. The van der Waals surface area contributed by atoms with Crippen LogP contribution in [0.5, 0.6) is 0 Å². The fraction of sp³-hybridized carbons (Fsp3) is 0.100. The second-order valence-electron chi connectivity index (χ2n) is 5.58. The first-order valence-electron chi connectivity index (χ1n) is 7.83. The average molecular weight is 299 g/mol. The minimum Gasteiger partial charge on any atom is -0.340 e. The minimum absolute atomic E-state index is 0.870. The van der Waals surface area contributed by atoms with Crippen LogP contribution in [0.2, 0.25) is 0 Å². The molecule has 0 fully saturated rings. The topological polar surface area (TPSA) is 37.8 Å². The highest BCUT2D eigenvalue weighted by Gasteiger charge is 2.09. The van der Waals surface area contributed by atoms with E-state index < -0.39 is 0 Å². The number of fused-ring (bicyclic) bond motifs is 3. The predicted octanol–water partition coefficient (Wildman–Crippen LogP) is 5.09. The molecule has 112 valence electrons. The van der Waals surface area contributed by atoms with Crippen molar-refractivity contribution in [2.45, 2.75) is 13.3 Å². The molecule has 0 saturated heterocycles. The van der Waals surface area contributed by atoms with Crippen molar-refractivity contribution in [3.63, 3.8) is 0 Å². The molecule has 2 aromatic heterocycles. The normalized spacial score (nSPS) is 11.0. The number of anilines is 2. The van der Waals surface area contributed by atoms with Gasteiger partial charge in [-0.05, 0) is 36.2 Å². The van der Waals surface area contributed by atoms with Crippen molar-refractivity contribution in [2.24, 2.45) is 0 Å². The third kappa shape index (κ3) is 2.50. The molecule has 2 heterocycles. The molecule has 0 aliphatic carbocycles. The van der Waals surface area contributed by atoms with Gasteiger partial charge in [-0.1, -0.05) is 37.3 Å². The molecule has 0 amide bonds. The lowest BCUT2D eigenvalue weighted by Crippen LogP contribution is -1.96. The Hall–Kier alpha value is -2.94. The smallest absolute Gasteiger partial charge is 0.139 e. The monoisotopic (exact) mass is 299 g/mol. The molecule has 1 N–H and O–H groups in total. The zero-order valence-electron chi connectivity index (χ0n) is 13.0. The highest BCUT2D eigenvalue weighted by atomic mass is 15.0. The van der Waals surface area contributed by atoms with Crippen LogP contribution in [-0.4, -0.2) is 9.97 Å². The molecule has 0 aliphatic heterocycles. The first-order chi connectivity index (χ1) is 11.3. The van der Waals surface area contributed by atoms with E-state index >= 15 is 0 Å². The van der Waals surface area contributed by atoms with Crippen molar-refractivity contribution >= 4 is 33.2 Å². The summed E-state index contributed by atoms with van der Waals surface area (Å²) in [6.45, 7) is 2.16. The molecule has 0 saturated carbocycles. The summed E-state index contributed by atoms with van der Waals surface area (Å²) in [5.41, 5.74) is 3.33. The fourth-order valence-electron chi connectivity index (χ4n) is 2.87. The van der Waals surface area contributed by atoms with E-state index in [1.807, 2.05) is 48.8 Å². The van der Waals surface area contributed by atoms with Gasteiger partial charge in [0, 0.05) is 34.2 Å². The largest absolute Gasteiger partial charge is 0.340 e. The van der Waals surface area contributed by atoms with Crippen LogP contribution < -0.4 is 5.32 Å². The van der Waals surface area contributed by atoms with Gasteiger partial charge in [-0.15, -0.1) is 0 Å². The minimum atomic E-state index is 0.870. The Kier molecular flexibility index (Phi) is 3.39. The van der Waals surface area contributed by atoms with Crippen LogP contribution in [0.15, 0.2) is 67.0 Å². The third-order valence-electron chi connectivity index (χ3n) is 4.11. The zero-order chi connectivity index (χ0) is 15.6. The van der Waals surface area contributed by atoms with Crippen LogP contribution in [-0.2, 0) is 6.42 Å². The molecule has 23 heavy (non-hydrogen) atoms. The zero-order valence-corrected chi connectivity index (χ0v) is 13.0. The van der Waals surface area contributed by atoms with Gasteiger partial charge in [0.25, 0.3) is 0 Å². The number of aromatic nitrogens is 2. The van der Waals surface area contributed by atoms with Gasteiger partial charge >= 0.3 is 0 Å². The van der Waals surface area contributed by atoms with Crippen molar-refractivity contribution in [2.75, 3.05) is 5.32 Å². The predicted molar refractivity (Wildman–Crippen MR) is 96.1 cm³/mol. The molecule has 2 aromatic carbocycles. The van der Waals surface area contributed by atoms with Crippen LogP contribution in [0.25, 0.3) is 21.7 Å². The second-order valence-corrected chi connectivity index (χ2v) is 5.58. The Morgan fingerprint density at radius 2 is 1.78 bits per heavy atom. The SMILES string of the molecule is CCc1ccc2c(c1)nc(Nc1ccccc1)c1ccncc12. The van der Waals surface area contributed by atoms with E-state index in [0.717, 1.165) is 39.6 Å². The Morgan fingerprint density at radius 1 is 0.913 bits per heavy atom. The van der Waals surface area contributed by atoms with Gasteiger partial charge in [0.1, 0.15) is 5.82 Å². The Labute approximate surface area is 135 Å². The lowest BCUT2D eigenvalue weighted by atomic mass is 10.0. The lowest BCUT2D eigenvalue weighted by molar-refractivity contribution is 1.14. The summed E-state index contributed by atoms with van der Waals surface area (Å²) in [6, 6.07) is 18.6. The maximum absolute atomic E-state index is 4.87. The van der Waals surface area contributed by atoms with Crippen LogP contribution >= 0.6 is 0 Å². The number of hydrogen-bond acceptors (Lipinski definition) is 3. The molecule has 3 nitrogen and oxygen atoms in total. The summed E-state index contributed by atoms with van der Waals surface area (Å²) in [5, 5.41) is 6.79. The first-order valence-corrected chi connectivity index (χ1v) is 7.83. The molecule has 0 atom stereocenters. The van der Waals surface area contributed by atoms with Gasteiger partial charge in [-0.25, -0.2) is 4.98 Å². The summed E-state index contributed by atoms with van der Waals surface area (Å²) >= 11 is 0. The number of para-hydroxylation sites is 1. The summed E-state index contributed by atoms with van der Waals surface area (Å²) < 4.78 is 0. The third-order valence-corrected chi connectivity index (χ3v) is 4.11. The van der Waals surface area contributed by atoms with Gasteiger partial charge in [0.15, 0.2) is 0 Å². The molecule has 0 aliphatic rings. The molecule has 0 spiro atoms. The van der Waals surface area contributed by atoms with Gasteiger partial charge < -0.3 is 5.32 Å². The number of rotatable bonds is 3.